The van der Waals surface area contributed by atoms with Gasteiger partial charge in [-0.25, -0.2) is 0 Å². The number of nitrogens with one attached hydrogen (secondary N) is 1. The van der Waals surface area contributed by atoms with Gasteiger partial charge in [-0.05, 0) is 32.9 Å². The fraction of sp³-hybridized carbons (Fsp3) is 0.579. The number of benzene rings is 1. The van der Waals surface area contributed by atoms with Crippen LogP contribution in [0.5, 0.6) is 0 Å². The van der Waals surface area contributed by atoms with Gasteiger partial charge in [-0.1, -0.05) is 0 Å². The van der Waals surface area contributed by atoms with Crippen molar-refractivity contribution in [1.82, 2.24) is 14.7 Å². The smallest absolute Gasteiger partial charge is 0.269 e. The van der Waals surface area contributed by atoms with Gasteiger partial charge in [0.25, 0.3) is 5.69 Å². The lowest BCUT2D eigenvalue weighted by Crippen LogP contribution is -2.54. The van der Waals surface area contributed by atoms with Crippen molar-refractivity contribution < 1.29 is 14.5 Å². The summed E-state index contributed by atoms with van der Waals surface area (Å²) in [4.78, 5) is 41.0. The van der Waals surface area contributed by atoms with Crippen molar-refractivity contribution in [2.24, 2.45) is 0 Å². The number of carbonyl (C=O) groups excluding carboxylic acids is 2. The number of likely N-dealkylation sites (N-methyl/N-ethyl adjacent to an activating group) is 1. The lowest BCUT2D eigenvalue weighted by atomic mass is 10.2. The van der Waals surface area contributed by atoms with Gasteiger partial charge in [-0.3, -0.25) is 29.5 Å². The number of nitrogens with zero attached hydrogens (tertiary/aromatic N) is 4. The maximum Gasteiger partial charge on any atom is 0.269 e. The second-order valence-electron chi connectivity index (χ2n) is 6.85. The molecule has 1 unspecified atom stereocenters. The van der Waals surface area contributed by atoms with Crippen molar-refractivity contribution in [3.63, 3.8) is 0 Å². The van der Waals surface area contributed by atoms with E-state index in [-0.39, 0.29) is 23.5 Å². The minimum atomic E-state index is -0.474. The van der Waals surface area contributed by atoms with Crippen molar-refractivity contribution >= 4 is 23.2 Å². The quantitative estimate of drug-likeness (QED) is 0.531. The first-order chi connectivity index (χ1) is 13.3. The van der Waals surface area contributed by atoms with Crippen LogP contribution in [0.25, 0.3) is 0 Å². The molecule has 154 valence electrons. The van der Waals surface area contributed by atoms with Crippen LogP contribution in [0.4, 0.5) is 11.4 Å². The zero-order valence-corrected chi connectivity index (χ0v) is 16.8. The largest absolute Gasteiger partial charge is 0.342 e. The predicted molar refractivity (Wildman–Crippen MR) is 107 cm³/mol. The second kappa shape index (κ2) is 10.1. The van der Waals surface area contributed by atoms with E-state index in [1.807, 2.05) is 25.7 Å². The number of amides is 2. The first-order valence-corrected chi connectivity index (χ1v) is 9.65. The molecule has 9 heteroatoms. The first kappa shape index (κ1) is 21.8. The Morgan fingerprint density at radius 1 is 1.14 bits per heavy atom. The van der Waals surface area contributed by atoms with Crippen LogP contribution < -0.4 is 5.32 Å². The van der Waals surface area contributed by atoms with Gasteiger partial charge in [0.15, 0.2) is 0 Å². The summed E-state index contributed by atoms with van der Waals surface area (Å²) in [6, 6.07) is 5.47. The molecule has 1 aliphatic rings. The van der Waals surface area contributed by atoms with E-state index < -0.39 is 4.92 Å². The van der Waals surface area contributed by atoms with Crippen molar-refractivity contribution in [2.45, 2.75) is 26.8 Å². The summed E-state index contributed by atoms with van der Waals surface area (Å²) < 4.78 is 0. The Labute approximate surface area is 165 Å². The van der Waals surface area contributed by atoms with Gasteiger partial charge in [0.05, 0.1) is 17.5 Å². The molecular formula is C19H29N5O4. The van der Waals surface area contributed by atoms with E-state index in [4.69, 9.17) is 0 Å². The summed E-state index contributed by atoms with van der Waals surface area (Å²) in [7, 11) is 0. The molecule has 0 radical (unpaired) electrons. The third-order valence-corrected chi connectivity index (χ3v) is 5.15. The highest BCUT2D eigenvalue weighted by Crippen LogP contribution is 2.16. The molecule has 1 saturated heterocycles. The standard InChI is InChI=1S/C19H29N5O4/c1-4-22(5-2)18(25)14-21-10-12-23(13-11-21)15(3)19(26)20-16-6-8-17(9-7-16)24(27)28/h6-9,15H,4-5,10-14H2,1-3H3,(H,20,26). The van der Waals surface area contributed by atoms with Crippen molar-refractivity contribution in [1.29, 1.82) is 0 Å². The number of nitro benzene ring substituents is 1. The Hall–Kier alpha value is -2.52. The average molecular weight is 391 g/mol. The molecule has 1 fully saturated rings. The number of hydrogen-bond donors (Lipinski definition) is 1. The molecule has 28 heavy (non-hydrogen) atoms. The number of non-ortho nitro benzene ring substituents is 1. The molecule has 0 saturated carbocycles. The molecule has 2 amide bonds. The normalized spacial score (nSPS) is 16.4. The maximum absolute atomic E-state index is 12.5. The van der Waals surface area contributed by atoms with Crippen LogP contribution in [0.15, 0.2) is 24.3 Å². The van der Waals surface area contributed by atoms with Crippen molar-refractivity contribution in [2.75, 3.05) is 51.1 Å². The minimum absolute atomic E-state index is 0.0126. The van der Waals surface area contributed by atoms with Crippen LogP contribution in [0.2, 0.25) is 0 Å². The summed E-state index contributed by atoms with van der Waals surface area (Å²) in [5.41, 5.74) is 0.521. The Balaban J connectivity index is 1.82. The van der Waals surface area contributed by atoms with Gasteiger partial charge in [0.2, 0.25) is 11.8 Å². The molecule has 1 N–H and O–H groups in total. The predicted octanol–water partition coefficient (Wildman–Crippen LogP) is 1.41. The van der Waals surface area contributed by atoms with E-state index in [0.29, 0.717) is 25.3 Å². The molecule has 0 aromatic heterocycles. The van der Waals surface area contributed by atoms with Crippen molar-refractivity contribution in [3.8, 4) is 0 Å². The summed E-state index contributed by atoms with van der Waals surface area (Å²) in [5, 5.41) is 13.5. The number of piperazine rings is 1. The zero-order valence-electron chi connectivity index (χ0n) is 16.8. The number of nitro groups is 1. The average Bonchev–Trinajstić information content (AvgIpc) is 2.69. The Morgan fingerprint density at radius 3 is 2.21 bits per heavy atom. The van der Waals surface area contributed by atoms with Crippen molar-refractivity contribution in [3.05, 3.63) is 34.4 Å². The number of hydrogen-bond acceptors (Lipinski definition) is 6. The number of anilines is 1. The van der Waals surface area contributed by atoms with Crippen LogP contribution in [-0.4, -0.2) is 83.3 Å². The fourth-order valence-corrected chi connectivity index (χ4v) is 3.26. The van der Waals surface area contributed by atoms with E-state index in [1.54, 1.807) is 0 Å². The molecule has 0 bridgehead atoms. The highest BCUT2D eigenvalue weighted by Gasteiger charge is 2.27. The molecule has 1 aromatic rings. The Morgan fingerprint density at radius 2 is 1.71 bits per heavy atom. The lowest BCUT2D eigenvalue weighted by Gasteiger charge is -2.37. The molecular weight excluding hydrogens is 362 g/mol. The lowest BCUT2D eigenvalue weighted by molar-refractivity contribution is -0.384. The second-order valence-corrected chi connectivity index (χ2v) is 6.85. The zero-order chi connectivity index (χ0) is 20.7. The van der Waals surface area contributed by atoms with E-state index in [9.17, 15) is 19.7 Å². The van der Waals surface area contributed by atoms with Gasteiger partial charge < -0.3 is 10.2 Å². The molecule has 0 aliphatic carbocycles. The van der Waals surface area contributed by atoms with Gasteiger partial charge in [-0.15, -0.1) is 0 Å². The molecule has 0 spiro atoms. The fourth-order valence-electron chi connectivity index (χ4n) is 3.26. The number of carbonyl (C=O) groups is 2. The molecule has 2 rings (SSSR count). The van der Waals surface area contributed by atoms with Gasteiger partial charge in [0, 0.05) is 57.1 Å². The van der Waals surface area contributed by atoms with Crippen LogP contribution in [0, 0.1) is 10.1 Å². The van der Waals surface area contributed by atoms with Crippen LogP contribution in [0.1, 0.15) is 20.8 Å². The monoisotopic (exact) mass is 391 g/mol. The third kappa shape index (κ3) is 5.74. The van der Waals surface area contributed by atoms with Crippen LogP contribution in [0.3, 0.4) is 0 Å². The molecule has 1 aliphatic heterocycles. The molecule has 1 atom stereocenters. The van der Waals surface area contributed by atoms with E-state index in [0.717, 1.165) is 26.2 Å². The van der Waals surface area contributed by atoms with Crippen LogP contribution >= 0.6 is 0 Å². The molecule has 9 nitrogen and oxygen atoms in total. The number of rotatable bonds is 8. The van der Waals surface area contributed by atoms with Crippen LogP contribution in [-0.2, 0) is 9.59 Å². The van der Waals surface area contributed by atoms with Gasteiger partial charge in [0.1, 0.15) is 0 Å². The molecule has 1 aromatic carbocycles. The highest BCUT2D eigenvalue weighted by molar-refractivity contribution is 5.94. The summed E-state index contributed by atoms with van der Waals surface area (Å²) in [6.07, 6.45) is 0. The maximum atomic E-state index is 12.5. The Bertz CT molecular complexity index is 682. The SMILES string of the molecule is CCN(CC)C(=O)CN1CCN(C(C)C(=O)Nc2ccc([N+](=O)[O-])cc2)CC1. The molecule has 1 heterocycles. The van der Waals surface area contributed by atoms with E-state index in [1.165, 1.54) is 24.3 Å². The van der Waals surface area contributed by atoms with Gasteiger partial charge in [-0.2, -0.15) is 0 Å². The summed E-state index contributed by atoms with van der Waals surface area (Å²) >= 11 is 0. The topological polar surface area (TPSA) is 99.0 Å². The van der Waals surface area contributed by atoms with E-state index >= 15 is 0 Å². The Kier molecular flexibility index (Phi) is 7.89. The summed E-state index contributed by atoms with van der Waals surface area (Å²) in [6.45, 7) is 10.5. The van der Waals surface area contributed by atoms with E-state index in [2.05, 4.69) is 15.1 Å². The third-order valence-electron chi connectivity index (χ3n) is 5.15. The minimum Gasteiger partial charge on any atom is -0.342 e. The first-order valence-electron chi connectivity index (χ1n) is 9.65. The highest BCUT2D eigenvalue weighted by atomic mass is 16.6. The van der Waals surface area contributed by atoms with Gasteiger partial charge >= 0.3 is 0 Å². The summed E-state index contributed by atoms with van der Waals surface area (Å²) in [5.74, 6) is -0.0102.